The molecule has 0 bridgehead atoms. The van der Waals surface area contributed by atoms with Crippen molar-refractivity contribution in [1.82, 2.24) is 5.32 Å². The van der Waals surface area contributed by atoms with E-state index in [9.17, 15) is 4.79 Å². The first kappa shape index (κ1) is 26.6. The van der Waals surface area contributed by atoms with Gasteiger partial charge >= 0.3 is 5.97 Å². The molecule has 0 fully saturated rings. The van der Waals surface area contributed by atoms with E-state index in [1.54, 1.807) is 20.3 Å². The first-order chi connectivity index (χ1) is 21.3. The van der Waals surface area contributed by atoms with Gasteiger partial charge in [-0.15, -0.1) is 0 Å². The lowest BCUT2D eigenvalue weighted by Gasteiger charge is -2.30. The molecule has 1 heterocycles. The lowest BCUT2D eigenvalue weighted by Crippen LogP contribution is -2.32. The van der Waals surface area contributed by atoms with Crippen LogP contribution in [0.1, 0.15) is 55.4 Å². The van der Waals surface area contributed by atoms with E-state index in [2.05, 4.69) is 5.32 Å². The summed E-state index contributed by atoms with van der Waals surface area (Å²) in [6.07, 6.45) is -0.523. The molecular formula is C35H37NO6. The number of nitrogens with one attached hydrogen (secondary N) is 1. The Kier molecular flexibility index (Phi) is 8.87. The molecule has 0 saturated carbocycles. The number of ether oxygens (including phenoxy) is 5. The Morgan fingerprint density at radius 2 is 1.57 bits per heavy atom. The molecule has 0 aliphatic carbocycles. The highest BCUT2D eigenvalue weighted by Crippen LogP contribution is 2.39. The van der Waals surface area contributed by atoms with E-state index in [1.165, 1.54) is 6.92 Å². The summed E-state index contributed by atoms with van der Waals surface area (Å²) < 4.78 is 46.8. The van der Waals surface area contributed by atoms with Crippen LogP contribution in [0.15, 0.2) is 91.0 Å². The lowest BCUT2D eigenvalue weighted by molar-refractivity contribution is -0.181. The van der Waals surface area contributed by atoms with Crippen molar-refractivity contribution in [2.24, 2.45) is 0 Å². The third kappa shape index (κ3) is 7.11. The number of hydrogen-bond acceptors (Lipinski definition) is 7. The van der Waals surface area contributed by atoms with Gasteiger partial charge in [0.25, 0.3) is 0 Å². The highest BCUT2D eigenvalue weighted by atomic mass is 16.7. The highest BCUT2D eigenvalue weighted by molar-refractivity contribution is 5.66. The van der Waals surface area contributed by atoms with Crippen LogP contribution in [0.2, 0.25) is 0 Å². The van der Waals surface area contributed by atoms with Gasteiger partial charge in [-0.3, -0.25) is 4.79 Å². The molecule has 0 spiro atoms. The van der Waals surface area contributed by atoms with Crippen molar-refractivity contribution >= 4 is 5.97 Å². The Morgan fingerprint density at radius 1 is 0.881 bits per heavy atom. The Bertz CT molecular complexity index is 1560. The average Bonchev–Trinajstić information content (AvgIpc) is 3.02. The van der Waals surface area contributed by atoms with E-state index < -0.39 is 24.8 Å². The number of carbonyl (C=O) groups excluding carboxylic acids is 1. The van der Waals surface area contributed by atoms with Crippen molar-refractivity contribution in [2.75, 3.05) is 20.7 Å². The number of esters is 1. The molecule has 42 heavy (non-hydrogen) atoms. The molecule has 2 atom stereocenters. The van der Waals surface area contributed by atoms with Crippen molar-refractivity contribution in [3.8, 4) is 17.2 Å². The van der Waals surface area contributed by atoms with Crippen LogP contribution < -0.4 is 19.5 Å². The van der Waals surface area contributed by atoms with Gasteiger partial charge < -0.3 is 29.0 Å². The normalized spacial score (nSPS) is 16.8. The summed E-state index contributed by atoms with van der Waals surface area (Å²) in [5, 5.41) is 3.19. The Hall–Kier alpha value is -4.33. The van der Waals surface area contributed by atoms with Gasteiger partial charge in [0.05, 0.1) is 26.4 Å². The zero-order valence-corrected chi connectivity index (χ0v) is 24.1. The van der Waals surface area contributed by atoms with Gasteiger partial charge in [-0.25, -0.2) is 0 Å². The van der Waals surface area contributed by atoms with Gasteiger partial charge in [0.2, 0.25) is 6.29 Å². The predicted octanol–water partition coefficient (Wildman–Crippen LogP) is 6.49. The van der Waals surface area contributed by atoms with Crippen LogP contribution in [0.3, 0.4) is 0 Å². The smallest absolute Gasteiger partial charge is 0.305 e. The quantitative estimate of drug-likeness (QED) is 0.154. The number of carbonyl (C=O) groups is 1. The number of aryl methyl sites for hydroxylation is 1. The number of methoxy groups -OCH3 is 2. The fourth-order valence-corrected chi connectivity index (χ4v) is 5.12. The molecular weight excluding hydrogens is 530 g/mol. The largest absolute Gasteiger partial charge is 0.496 e. The Labute approximate surface area is 250 Å². The number of rotatable bonds is 12. The molecule has 7 nitrogen and oxygen atoms in total. The van der Waals surface area contributed by atoms with Crippen LogP contribution in [0, 0.1) is 0 Å². The van der Waals surface area contributed by atoms with Crippen molar-refractivity contribution in [3.05, 3.63) is 124 Å². The maximum absolute atomic E-state index is 12.2. The van der Waals surface area contributed by atoms with Crippen LogP contribution in [-0.2, 0) is 40.3 Å². The minimum atomic E-state index is -1.67. The maximum Gasteiger partial charge on any atom is 0.305 e. The molecule has 2 unspecified atom stereocenters. The molecule has 1 aliphatic heterocycles. The summed E-state index contributed by atoms with van der Waals surface area (Å²) in [5.41, 5.74) is 5.02. The van der Waals surface area contributed by atoms with Gasteiger partial charge in [0.15, 0.2) is 11.5 Å². The summed E-state index contributed by atoms with van der Waals surface area (Å²) in [7, 11) is 3.14. The molecule has 1 aliphatic rings. The number of benzene rings is 4. The zero-order valence-electron chi connectivity index (χ0n) is 26.1. The van der Waals surface area contributed by atoms with Crippen molar-refractivity contribution in [1.29, 1.82) is 0 Å². The molecule has 0 radical (unpaired) electrons. The minimum Gasteiger partial charge on any atom is -0.496 e. The predicted molar refractivity (Wildman–Crippen MR) is 161 cm³/mol. The second kappa shape index (κ2) is 14.0. The van der Waals surface area contributed by atoms with Crippen molar-refractivity contribution in [3.63, 3.8) is 0 Å². The van der Waals surface area contributed by atoms with E-state index in [0.29, 0.717) is 35.8 Å². The molecule has 1 N–H and O–H groups in total. The van der Waals surface area contributed by atoms with Gasteiger partial charge in [-0.2, -0.15) is 0 Å². The number of fused-ring (bicyclic) bond motifs is 1. The molecule has 0 aromatic heterocycles. The summed E-state index contributed by atoms with van der Waals surface area (Å²) >= 11 is 0. The lowest BCUT2D eigenvalue weighted by atomic mass is 9.88. The zero-order chi connectivity index (χ0) is 31.1. The monoisotopic (exact) mass is 569 g/mol. The summed E-state index contributed by atoms with van der Waals surface area (Å²) in [4.78, 5) is 12.2. The summed E-state index contributed by atoms with van der Waals surface area (Å²) in [6, 6.07) is 28.4. The second-order valence-electron chi connectivity index (χ2n) is 10.0. The summed E-state index contributed by atoms with van der Waals surface area (Å²) in [5.74, 6) is 1.12. The van der Waals surface area contributed by atoms with Crippen LogP contribution in [0.4, 0.5) is 0 Å². The molecule has 0 amide bonds. The maximum atomic E-state index is 12.2. The van der Waals surface area contributed by atoms with E-state index in [0.717, 1.165) is 27.8 Å². The third-order valence-corrected chi connectivity index (χ3v) is 7.15. The fraction of sp³-hybridized carbons (Fsp3) is 0.286. The Balaban J connectivity index is 1.50. The van der Waals surface area contributed by atoms with Crippen molar-refractivity contribution in [2.45, 2.75) is 45.3 Å². The van der Waals surface area contributed by atoms with Gasteiger partial charge in [0, 0.05) is 15.7 Å². The average molecular weight is 570 g/mol. The van der Waals surface area contributed by atoms with Crippen LogP contribution >= 0.6 is 0 Å². The van der Waals surface area contributed by atoms with Crippen LogP contribution in [-0.4, -0.2) is 26.7 Å². The molecule has 0 saturated heterocycles. The fourth-order valence-electron chi connectivity index (χ4n) is 5.12. The molecule has 7 heteroatoms. The SMILES string of the molecule is [2H]C1([2H])Cc2cc(OC)c(OCc3ccccc3)cc2C(Cc2cccc(OC)c2C(OCc2ccccc2)OC(C)=O)N1. The van der Waals surface area contributed by atoms with Gasteiger partial charge in [0.1, 0.15) is 12.4 Å². The number of hydrogen-bond donors (Lipinski definition) is 1. The van der Waals surface area contributed by atoms with E-state index >= 15 is 0 Å². The second-order valence-corrected chi connectivity index (χ2v) is 10.0. The molecule has 4 aromatic rings. The molecule has 5 rings (SSSR count). The standard InChI is InChI=1S/C35H37NO6/c1-24(37)42-35(41-23-26-13-8-5-9-14-26)34-28(15-10-16-31(34)38-2)19-30-29-21-33(40-22-25-11-6-4-7-12-25)32(39-3)20-27(29)17-18-36-30/h4-16,20-21,30,35-36H,17-19,22-23H2,1-3H3/i18D2. The first-order valence-corrected chi connectivity index (χ1v) is 13.9. The Morgan fingerprint density at radius 3 is 2.24 bits per heavy atom. The summed E-state index contributed by atoms with van der Waals surface area (Å²) in [6.45, 7) is 0.238. The topological polar surface area (TPSA) is 75.2 Å². The van der Waals surface area contributed by atoms with Gasteiger partial charge in [-0.1, -0.05) is 72.8 Å². The van der Waals surface area contributed by atoms with Crippen LogP contribution in [0.25, 0.3) is 0 Å². The van der Waals surface area contributed by atoms with Gasteiger partial charge in [-0.05, 0) is 65.4 Å². The molecule has 4 aromatic carbocycles. The molecule has 218 valence electrons. The first-order valence-electron chi connectivity index (χ1n) is 14.9. The highest BCUT2D eigenvalue weighted by Gasteiger charge is 2.28. The third-order valence-electron chi connectivity index (χ3n) is 7.15. The van der Waals surface area contributed by atoms with E-state index in [1.807, 2.05) is 84.9 Å². The van der Waals surface area contributed by atoms with Crippen LogP contribution in [0.5, 0.6) is 17.2 Å². The van der Waals surface area contributed by atoms with E-state index in [4.69, 9.17) is 26.4 Å². The van der Waals surface area contributed by atoms with Crippen molar-refractivity contribution < 1.29 is 31.2 Å². The van der Waals surface area contributed by atoms with E-state index in [-0.39, 0.29) is 13.0 Å². The minimum absolute atomic E-state index is 0.162.